The second-order valence-corrected chi connectivity index (χ2v) is 11.0. The average molecular weight is 569 g/mol. The molecule has 1 heterocycles. The lowest BCUT2D eigenvalue weighted by atomic mass is 9.74. The van der Waals surface area contributed by atoms with Gasteiger partial charge in [-0.25, -0.2) is 4.79 Å². The first kappa shape index (κ1) is 32.5. The number of benzene rings is 2. The van der Waals surface area contributed by atoms with Crippen LogP contribution in [0.15, 0.2) is 66.2 Å². The van der Waals surface area contributed by atoms with Crippen molar-refractivity contribution in [2.45, 2.75) is 84.3 Å². The summed E-state index contributed by atoms with van der Waals surface area (Å²) in [6, 6.07) is 17.6. The molecule has 1 aliphatic heterocycles. The molecule has 1 fully saturated rings. The Kier molecular flexibility index (Phi) is 11.7. The number of hydrogen-bond acceptors (Lipinski definition) is 8. The zero-order chi connectivity index (χ0) is 30.0. The molecule has 1 saturated heterocycles. The summed E-state index contributed by atoms with van der Waals surface area (Å²) in [6.07, 6.45) is 1.29. The van der Waals surface area contributed by atoms with Crippen LogP contribution in [-0.2, 0) is 46.5 Å². The summed E-state index contributed by atoms with van der Waals surface area (Å²) < 4.78 is 35.3. The summed E-state index contributed by atoms with van der Waals surface area (Å²) in [7, 11) is 4.39. The van der Waals surface area contributed by atoms with E-state index in [0.717, 1.165) is 16.9 Å². The fourth-order valence-electron chi connectivity index (χ4n) is 4.94. The first-order valence-corrected chi connectivity index (χ1v) is 14.1. The number of hydrogen-bond donors (Lipinski definition) is 0. The van der Waals surface area contributed by atoms with Crippen molar-refractivity contribution in [3.63, 3.8) is 0 Å². The molecule has 3 rings (SSSR count). The Balaban J connectivity index is 1.89. The zero-order valence-corrected chi connectivity index (χ0v) is 25.3. The van der Waals surface area contributed by atoms with Gasteiger partial charge in [-0.2, -0.15) is 0 Å². The van der Waals surface area contributed by atoms with E-state index in [1.807, 2.05) is 82.3 Å². The number of carbonyl (C=O) groups excluding carboxylic acids is 2. The molecule has 8 heteroatoms. The van der Waals surface area contributed by atoms with E-state index < -0.39 is 29.4 Å². The van der Waals surface area contributed by atoms with Gasteiger partial charge < -0.3 is 28.4 Å². The Morgan fingerprint density at radius 3 is 2.24 bits per heavy atom. The summed E-state index contributed by atoms with van der Waals surface area (Å²) >= 11 is 0. The molecule has 0 amide bonds. The topological polar surface area (TPSA) is 89.5 Å². The predicted molar refractivity (Wildman–Crippen MR) is 155 cm³/mol. The maximum atomic E-state index is 13.7. The number of methoxy groups -OCH3 is 3. The van der Waals surface area contributed by atoms with Crippen molar-refractivity contribution in [2.75, 3.05) is 21.3 Å². The zero-order valence-electron chi connectivity index (χ0n) is 25.3. The Morgan fingerprint density at radius 2 is 1.66 bits per heavy atom. The van der Waals surface area contributed by atoms with E-state index in [-0.39, 0.29) is 18.3 Å². The van der Waals surface area contributed by atoms with Gasteiger partial charge in [0.25, 0.3) is 0 Å². The van der Waals surface area contributed by atoms with Gasteiger partial charge >= 0.3 is 5.97 Å². The highest BCUT2D eigenvalue weighted by molar-refractivity contribution is 6.06. The summed E-state index contributed by atoms with van der Waals surface area (Å²) in [4.78, 5) is 26.0. The van der Waals surface area contributed by atoms with E-state index in [1.54, 1.807) is 7.11 Å². The molecule has 8 nitrogen and oxygen atoms in total. The van der Waals surface area contributed by atoms with Crippen LogP contribution in [0.2, 0.25) is 0 Å². The van der Waals surface area contributed by atoms with E-state index in [1.165, 1.54) is 20.3 Å². The quantitative estimate of drug-likeness (QED) is 0.208. The van der Waals surface area contributed by atoms with Gasteiger partial charge in [0, 0.05) is 37.0 Å². The summed E-state index contributed by atoms with van der Waals surface area (Å²) in [5.41, 5.74) is 1.67. The van der Waals surface area contributed by atoms with Crippen LogP contribution in [-0.4, -0.2) is 57.2 Å². The molecule has 41 heavy (non-hydrogen) atoms. The highest BCUT2D eigenvalue weighted by Crippen LogP contribution is 2.45. The van der Waals surface area contributed by atoms with Crippen LogP contribution in [0.1, 0.15) is 58.1 Å². The second-order valence-electron chi connectivity index (χ2n) is 11.0. The van der Waals surface area contributed by atoms with Gasteiger partial charge in [-0.05, 0) is 36.6 Å². The number of rotatable bonds is 14. The van der Waals surface area contributed by atoms with Gasteiger partial charge in [-0.1, -0.05) is 63.2 Å². The molecule has 0 aromatic heterocycles. The molecule has 2 aromatic carbocycles. The fourth-order valence-corrected chi connectivity index (χ4v) is 4.94. The van der Waals surface area contributed by atoms with Gasteiger partial charge in [0.05, 0.1) is 45.7 Å². The number of esters is 1. The summed E-state index contributed by atoms with van der Waals surface area (Å²) in [5, 5.41) is 0. The smallest absolute Gasteiger partial charge is 0.330 e. The standard InChI is InChI=1S/C33H44O8/c1-8-32(3,4)33(38-7)31(35)26(19-30(34)37-6)18-28(41-33)20-29(23(2)39-21-24-12-10-9-11-13-24)40-22-25-14-16-27(36-5)17-15-25/h9-17,19,23,28-29H,8,18,20-22H2,1-7H3/b26-19+/t23-,28+,29-,33-/m1/s1. The molecule has 4 atom stereocenters. The van der Waals surface area contributed by atoms with Crippen molar-refractivity contribution >= 4 is 11.8 Å². The van der Waals surface area contributed by atoms with E-state index >= 15 is 0 Å². The van der Waals surface area contributed by atoms with Crippen molar-refractivity contribution < 1.29 is 38.0 Å². The average Bonchev–Trinajstić information content (AvgIpc) is 2.99. The lowest BCUT2D eigenvalue weighted by Crippen LogP contribution is -2.60. The number of carbonyl (C=O) groups is 2. The fraction of sp³-hybridized carbons (Fsp3) is 0.515. The van der Waals surface area contributed by atoms with Crippen molar-refractivity contribution in [1.82, 2.24) is 0 Å². The third kappa shape index (κ3) is 8.04. The van der Waals surface area contributed by atoms with Crippen LogP contribution in [0, 0.1) is 5.41 Å². The summed E-state index contributed by atoms with van der Waals surface area (Å²) in [5.74, 6) is -1.76. The highest BCUT2D eigenvalue weighted by atomic mass is 16.7. The number of Topliss-reactive ketones (excluding diaryl/α,β-unsaturated/α-hetero) is 1. The predicted octanol–water partition coefficient (Wildman–Crippen LogP) is 5.81. The van der Waals surface area contributed by atoms with Gasteiger partial charge in [0.1, 0.15) is 5.75 Å². The summed E-state index contributed by atoms with van der Waals surface area (Å²) in [6.45, 7) is 8.57. The van der Waals surface area contributed by atoms with Crippen LogP contribution in [0.3, 0.4) is 0 Å². The minimum atomic E-state index is -1.57. The molecule has 0 radical (unpaired) electrons. The lowest BCUT2D eigenvalue weighted by Gasteiger charge is -2.49. The van der Waals surface area contributed by atoms with Crippen molar-refractivity contribution in [3.05, 3.63) is 77.4 Å². The monoisotopic (exact) mass is 568 g/mol. The molecule has 0 aliphatic carbocycles. The maximum absolute atomic E-state index is 13.7. The lowest BCUT2D eigenvalue weighted by molar-refractivity contribution is -0.290. The van der Waals surface area contributed by atoms with Crippen molar-refractivity contribution in [1.29, 1.82) is 0 Å². The van der Waals surface area contributed by atoms with Crippen LogP contribution < -0.4 is 4.74 Å². The molecule has 0 saturated carbocycles. The molecule has 1 aliphatic rings. The first-order chi connectivity index (χ1) is 19.6. The van der Waals surface area contributed by atoms with Crippen molar-refractivity contribution in [2.24, 2.45) is 5.41 Å². The maximum Gasteiger partial charge on any atom is 0.330 e. The molecular weight excluding hydrogens is 524 g/mol. The molecule has 224 valence electrons. The van der Waals surface area contributed by atoms with Gasteiger partial charge in [0.2, 0.25) is 11.6 Å². The molecular formula is C33H44O8. The molecule has 0 N–H and O–H groups in total. The Hall–Kier alpha value is -3.04. The number of ketones is 1. The second kappa shape index (κ2) is 14.7. The third-order valence-corrected chi connectivity index (χ3v) is 7.92. The van der Waals surface area contributed by atoms with Gasteiger partial charge in [-0.15, -0.1) is 0 Å². The Morgan fingerprint density at radius 1 is 1.02 bits per heavy atom. The highest BCUT2D eigenvalue weighted by Gasteiger charge is 2.57. The molecule has 0 unspecified atom stereocenters. The van der Waals surface area contributed by atoms with Gasteiger partial charge in [0.15, 0.2) is 0 Å². The Labute approximate surface area is 243 Å². The normalized spacial score (nSPS) is 21.9. The Bertz CT molecular complexity index is 1160. The first-order valence-electron chi connectivity index (χ1n) is 14.1. The van der Waals surface area contributed by atoms with Crippen LogP contribution in [0.5, 0.6) is 5.75 Å². The van der Waals surface area contributed by atoms with E-state index in [9.17, 15) is 9.59 Å². The minimum absolute atomic E-state index is 0.215. The SMILES string of the molecule is CCC(C)(C)[C@]1(OC)O[C@H](C[C@@H](OCc2ccc(OC)cc2)[C@@H](C)OCc2ccccc2)C/C(=C\C(=O)OC)C1=O. The van der Waals surface area contributed by atoms with Gasteiger partial charge in [-0.3, -0.25) is 4.79 Å². The van der Waals surface area contributed by atoms with E-state index in [2.05, 4.69) is 0 Å². The molecule has 0 spiro atoms. The number of ether oxygens (including phenoxy) is 6. The van der Waals surface area contributed by atoms with Crippen LogP contribution in [0.25, 0.3) is 0 Å². The largest absolute Gasteiger partial charge is 0.497 e. The van der Waals surface area contributed by atoms with Crippen molar-refractivity contribution in [3.8, 4) is 5.75 Å². The third-order valence-electron chi connectivity index (χ3n) is 7.92. The molecule has 0 bridgehead atoms. The van der Waals surface area contributed by atoms with Crippen LogP contribution in [0.4, 0.5) is 0 Å². The van der Waals surface area contributed by atoms with E-state index in [0.29, 0.717) is 31.6 Å². The van der Waals surface area contributed by atoms with E-state index in [4.69, 9.17) is 28.4 Å². The minimum Gasteiger partial charge on any atom is -0.497 e. The van der Waals surface area contributed by atoms with Crippen LogP contribution >= 0.6 is 0 Å². The molecule has 2 aromatic rings.